The minimum atomic E-state index is -0.170. The number of benzene rings is 1. The summed E-state index contributed by atoms with van der Waals surface area (Å²) < 4.78 is 0. The Kier molecular flexibility index (Phi) is 1.01. The van der Waals surface area contributed by atoms with Gasteiger partial charge < -0.3 is 5.11 Å². The van der Waals surface area contributed by atoms with Gasteiger partial charge in [0.25, 0.3) is 0 Å². The predicted octanol–water partition coefficient (Wildman–Crippen LogP) is 1.88. The van der Waals surface area contributed by atoms with Crippen LogP contribution in [0.3, 0.4) is 0 Å². The zero-order chi connectivity index (χ0) is 7.42. The zero-order valence-corrected chi connectivity index (χ0v) is 6.82. The van der Waals surface area contributed by atoms with Crippen LogP contribution in [0.15, 0.2) is 17.0 Å². The monoisotopic (exact) mass is 164 g/mol. The third kappa shape index (κ3) is 0.620. The lowest BCUT2D eigenvalue weighted by Gasteiger charge is -2.33. The molecule has 1 aliphatic heterocycles. The van der Waals surface area contributed by atoms with E-state index in [1.165, 1.54) is 21.8 Å². The Hall–Kier alpha value is -0.470. The van der Waals surface area contributed by atoms with Gasteiger partial charge >= 0.3 is 0 Å². The zero-order valence-electron chi connectivity index (χ0n) is 6.00. The van der Waals surface area contributed by atoms with Crippen LogP contribution in [0.2, 0.25) is 0 Å². The van der Waals surface area contributed by atoms with Crippen LogP contribution < -0.4 is 0 Å². The third-order valence-corrected chi connectivity index (χ3v) is 3.76. The van der Waals surface area contributed by atoms with Crippen LogP contribution in [0.4, 0.5) is 0 Å². The van der Waals surface area contributed by atoms with Crippen molar-refractivity contribution in [3.8, 4) is 0 Å². The summed E-state index contributed by atoms with van der Waals surface area (Å²) in [6, 6.07) is 4.22. The van der Waals surface area contributed by atoms with Gasteiger partial charge in [0.05, 0.1) is 6.10 Å². The van der Waals surface area contributed by atoms with E-state index in [0.29, 0.717) is 0 Å². The van der Waals surface area contributed by atoms with Gasteiger partial charge in [-0.25, -0.2) is 0 Å². The Morgan fingerprint density at radius 1 is 1.45 bits per heavy atom. The molecule has 2 heteroatoms. The maximum Gasteiger partial charge on any atom is 0.0833 e. The van der Waals surface area contributed by atoms with E-state index < -0.39 is 0 Å². The molecule has 0 saturated heterocycles. The lowest BCUT2D eigenvalue weighted by atomic mass is 9.84. The summed E-state index contributed by atoms with van der Waals surface area (Å²) in [6.45, 7) is 0. The molecule has 1 atom stereocenters. The topological polar surface area (TPSA) is 20.2 Å². The van der Waals surface area contributed by atoms with Crippen molar-refractivity contribution < 1.29 is 5.11 Å². The smallest absolute Gasteiger partial charge is 0.0833 e. The maximum atomic E-state index is 9.33. The Morgan fingerprint density at radius 2 is 2.36 bits per heavy atom. The highest BCUT2D eigenvalue weighted by Gasteiger charge is 2.31. The van der Waals surface area contributed by atoms with E-state index in [1.807, 2.05) is 11.8 Å². The third-order valence-electron chi connectivity index (χ3n) is 2.51. The molecule has 0 fully saturated rings. The van der Waals surface area contributed by atoms with Gasteiger partial charge in [-0.3, -0.25) is 0 Å². The summed E-state index contributed by atoms with van der Waals surface area (Å²) in [7, 11) is 0. The number of rotatable bonds is 0. The highest BCUT2D eigenvalue weighted by molar-refractivity contribution is 8.00. The lowest BCUT2D eigenvalue weighted by molar-refractivity contribution is 0.151. The van der Waals surface area contributed by atoms with Gasteiger partial charge in [-0.05, 0) is 16.7 Å². The number of fused-ring (bicyclic) bond motifs is 3. The van der Waals surface area contributed by atoms with E-state index in [4.69, 9.17) is 0 Å². The molecule has 0 aromatic heterocycles. The average molecular weight is 164 g/mol. The summed E-state index contributed by atoms with van der Waals surface area (Å²) in [5.74, 6) is 1.17. The van der Waals surface area contributed by atoms with E-state index >= 15 is 0 Å². The Morgan fingerprint density at radius 3 is 3.00 bits per heavy atom. The fraction of sp³-hybridized carbons (Fsp3) is 0.333. The Labute approximate surface area is 69.4 Å². The molecular weight excluding hydrogens is 156 g/mol. The Bertz CT molecular complexity index is 333. The molecule has 3 rings (SSSR count). The number of thioether (sulfide) groups is 1. The van der Waals surface area contributed by atoms with Crippen LogP contribution in [0.5, 0.6) is 0 Å². The lowest BCUT2D eigenvalue weighted by Crippen LogP contribution is -2.20. The van der Waals surface area contributed by atoms with Crippen LogP contribution in [-0.4, -0.2) is 5.11 Å². The first-order valence-electron chi connectivity index (χ1n) is 3.82. The summed E-state index contributed by atoms with van der Waals surface area (Å²) in [5.41, 5.74) is 4.04. The summed E-state index contributed by atoms with van der Waals surface area (Å²) >= 11 is 1.91. The van der Waals surface area contributed by atoms with Crippen LogP contribution in [0, 0.1) is 0 Å². The minimum absolute atomic E-state index is 0.170. The number of aliphatic hydroxyl groups is 1. The predicted molar refractivity (Wildman–Crippen MR) is 44.7 cm³/mol. The summed E-state index contributed by atoms with van der Waals surface area (Å²) in [4.78, 5) is 1.45. The van der Waals surface area contributed by atoms with Crippen LogP contribution in [0.1, 0.15) is 22.8 Å². The first-order chi connectivity index (χ1) is 5.36. The molecule has 0 saturated carbocycles. The van der Waals surface area contributed by atoms with Gasteiger partial charge in [0.1, 0.15) is 0 Å². The molecule has 1 N–H and O–H groups in total. The van der Waals surface area contributed by atoms with E-state index in [0.717, 1.165) is 12.0 Å². The van der Waals surface area contributed by atoms with Gasteiger partial charge in [0.15, 0.2) is 0 Å². The van der Waals surface area contributed by atoms with Crippen molar-refractivity contribution in [2.75, 3.05) is 0 Å². The number of hydrogen-bond donors (Lipinski definition) is 1. The SMILES string of the molecule is OC1Cc2c1ccc1c2SC1. The molecule has 11 heavy (non-hydrogen) atoms. The molecule has 0 amide bonds. The molecule has 0 spiro atoms. The van der Waals surface area contributed by atoms with Gasteiger partial charge in [0, 0.05) is 17.1 Å². The van der Waals surface area contributed by atoms with Crippen LogP contribution >= 0.6 is 11.8 Å². The minimum Gasteiger partial charge on any atom is -0.388 e. The van der Waals surface area contributed by atoms with Crippen molar-refractivity contribution in [1.82, 2.24) is 0 Å². The van der Waals surface area contributed by atoms with E-state index in [2.05, 4.69) is 12.1 Å². The highest BCUT2D eigenvalue weighted by Crippen LogP contribution is 2.48. The molecular formula is C9H8OS. The molecule has 0 bridgehead atoms. The highest BCUT2D eigenvalue weighted by atomic mass is 32.2. The van der Waals surface area contributed by atoms with Gasteiger partial charge in [0.2, 0.25) is 0 Å². The van der Waals surface area contributed by atoms with Crippen molar-refractivity contribution in [2.24, 2.45) is 0 Å². The van der Waals surface area contributed by atoms with E-state index in [1.54, 1.807) is 0 Å². The second-order valence-corrected chi connectivity index (χ2v) is 4.12. The van der Waals surface area contributed by atoms with Crippen molar-refractivity contribution >= 4 is 11.8 Å². The second-order valence-electron chi connectivity index (χ2n) is 3.13. The van der Waals surface area contributed by atoms with Gasteiger partial charge in [-0.2, -0.15) is 0 Å². The molecule has 2 aliphatic rings. The Balaban J connectivity index is 2.25. The standard InChI is InChI=1S/C9H8OS/c10-8-3-7-6(8)2-1-5-4-11-9(5)7/h1-2,8,10H,3-4H2. The maximum absolute atomic E-state index is 9.33. The largest absolute Gasteiger partial charge is 0.388 e. The van der Waals surface area contributed by atoms with E-state index in [9.17, 15) is 5.11 Å². The van der Waals surface area contributed by atoms with E-state index in [-0.39, 0.29) is 6.10 Å². The molecule has 1 aromatic carbocycles. The number of aliphatic hydroxyl groups excluding tert-OH is 1. The molecule has 1 aliphatic carbocycles. The van der Waals surface area contributed by atoms with Crippen molar-refractivity contribution in [3.05, 3.63) is 28.8 Å². The summed E-state index contributed by atoms with van der Waals surface area (Å²) in [6.07, 6.45) is 0.711. The van der Waals surface area contributed by atoms with Crippen molar-refractivity contribution in [2.45, 2.75) is 23.2 Å². The van der Waals surface area contributed by atoms with Gasteiger partial charge in [-0.15, -0.1) is 11.8 Å². The normalized spacial score (nSPS) is 24.6. The molecule has 1 unspecified atom stereocenters. The molecule has 56 valence electrons. The average Bonchev–Trinajstić information content (AvgIpc) is 1.93. The van der Waals surface area contributed by atoms with Crippen molar-refractivity contribution in [1.29, 1.82) is 0 Å². The van der Waals surface area contributed by atoms with Crippen molar-refractivity contribution in [3.63, 3.8) is 0 Å². The first-order valence-corrected chi connectivity index (χ1v) is 4.80. The second kappa shape index (κ2) is 1.82. The van der Waals surface area contributed by atoms with Crippen LogP contribution in [-0.2, 0) is 12.2 Å². The number of hydrogen-bond acceptors (Lipinski definition) is 2. The quantitative estimate of drug-likeness (QED) is 0.631. The van der Waals surface area contributed by atoms with Crippen LogP contribution in [0.25, 0.3) is 0 Å². The fourth-order valence-electron chi connectivity index (χ4n) is 1.75. The molecule has 1 nitrogen and oxygen atoms in total. The summed E-state index contributed by atoms with van der Waals surface area (Å²) in [5, 5.41) is 9.33. The first kappa shape index (κ1) is 6.09. The fourth-order valence-corrected chi connectivity index (χ4v) is 2.74. The molecule has 1 heterocycles. The molecule has 0 radical (unpaired) electrons. The molecule has 1 aromatic rings. The van der Waals surface area contributed by atoms with Gasteiger partial charge in [-0.1, -0.05) is 12.1 Å².